The molecule has 0 unspecified atom stereocenters. The van der Waals surface area contributed by atoms with E-state index in [1.54, 1.807) is 0 Å². The number of aryl methyl sites for hydroxylation is 2. The Bertz CT molecular complexity index is 2620. The minimum Gasteiger partial charge on any atom is -0.309 e. The molecule has 0 saturated carbocycles. The van der Waals surface area contributed by atoms with Crippen molar-refractivity contribution >= 4 is 43.6 Å². The Labute approximate surface area is 289 Å². The molecule has 0 radical (unpaired) electrons. The van der Waals surface area contributed by atoms with Crippen molar-refractivity contribution in [1.29, 1.82) is 10.5 Å². The van der Waals surface area contributed by atoms with E-state index in [1.807, 2.05) is 12.1 Å². The summed E-state index contributed by atoms with van der Waals surface area (Å²) < 4.78 is 4.62. The van der Waals surface area contributed by atoms with E-state index >= 15 is 0 Å². The Morgan fingerprint density at radius 3 is 1.02 bits per heavy atom. The normalized spacial score (nSPS) is 11.4. The summed E-state index contributed by atoms with van der Waals surface area (Å²) in [6.45, 7) is 4.21. The molecule has 0 atom stereocenters. The van der Waals surface area contributed by atoms with E-state index in [0.717, 1.165) is 66.8 Å². The predicted molar refractivity (Wildman–Crippen MR) is 205 cm³/mol. The van der Waals surface area contributed by atoms with Gasteiger partial charge in [-0.25, -0.2) is 0 Å². The average Bonchev–Trinajstić information content (AvgIpc) is 3.67. The summed E-state index contributed by atoms with van der Waals surface area (Å²) in [6, 6.07) is 55.2. The second-order valence-corrected chi connectivity index (χ2v) is 12.9. The number of hydrogen-bond acceptors (Lipinski definition) is 2. The molecule has 9 aromatic rings. The lowest BCUT2D eigenvalue weighted by molar-refractivity contribution is 1.15. The van der Waals surface area contributed by atoms with Gasteiger partial charge >= 0.3 is 0 Å². The van der Waals surface area contributed by atoms with Crippen molar-refractivity contribution in [1.82, 2.24) is 9.13 Å². The zero-order valence-electron chi connectivity index (χ0n) is 27.6. The van der Waals surface area contributed by atoms with Gasteiger partial charge in [-0.1, -0.05) is 84.9 Å². The highest BCUT2D eigenvalue weighted by Gasteiger charge is 2.18. The number of rotatable bonds is 4. The number of nitrogens with zero attached hydrogens (tertiary/aromatic N) is 4. The molecule has 9 rings (SSSR count). The van der Waals surface area contributed by atoms with Crippen LogP contribution in [0.15, 0.2) is 146 Å². The van der Waals surface area contributed by atoms with Crippen LogP contribution in [0.5, 0.6) is 0 Å². The van der Waals surface area contributed by atoms with Gasteiger partial charge in [0, 0.05) is 44.0 Å². The molecule has 4 heteroatoms. The summed E-state index contributed by atoms with van der Waals surface area (Å²) in [5.74, 6) is 0. The van der Waals surface area contributed by atoms with E-state index in [2.05, 4.69) is 169 Å². The summed E-state index contributed by atoms with van der Waals surface area (Å²) in [7, 11) is 0. The van der Waals surface area contributed by atoms with Crippen molar-refractivity contribution in [2.75, 3.05) is 0 Å². The second-order valence-electron chi connectivity index (χ2n) is 12.9. The molecule has 0 amide bonds. The third-order valence-corrected chi connectivity index (χ3v) is 10.1. The highest BCUT2D eigenvalue weighted by Crippen LogP contribution is 2.38. The maximum absolute atomic E-state index is 10.4. The van der Waals surface area contributed by atoms with Gasteiger partial charge in [-0.3, -0.25) is 0 Å². The Morgan fingerprint density at radius 2 is 0.720 bits per heavy atom. The van der Waals surface area contributed by atoms with E-state index < -0.39 is 0 Å². The molecule has 0 bridgehead atoms. The molecule has 7 aromatic carbocycles. The zero-order valence-corrected chi connectivity index (χ0v) is 27.6. The number of nitriles is 2. The van der Waals surface area contributed by atoms with Crippen molar-refractivity contribution in [2.24, 2.45) is 0 Å². The van der Waals surface area contributed by atoms with Crippen LogP contribution in [0.1, 0.15) is 22.3 Å². The molecule has 0 aliphatic rings. The topological polar surface area (TPSA) is 57.4 Å². The van der Waals surface area contributed by atoms with Crippen molar-refractivity contribution in [2.45, 2.75) is 13.8 Å². The van der Waals surface area contributed by atoms with Crippen LogP contribution >= 0.6 is 0 Å². The highest BCUT2D eigenvalue weighted by atomic mass is 15.0. The third kappa shape index (κ3) is 4.37. The smallest absolute Gasteiger partial charge is 0.0998 e. The first-order chi connectivity index (χ1) is 24.6. The van der Waals surface area contributed by atoms with Gasteiger partial charge in [0.2, 0.25) is 0 Å². The molecule has 0 N–H and O–H groups in total. The second kappa shape index (κ2) is 11.4. The number of fused-ring (bicyclic) bond motifs is 6. The number of benzene rings is 7. The Hall–Kier alpha value is -6.88. The first kappa shape index (κ1) is 29.3. The lowest BCUT2D eigenvalue weighted by atomic mass is 9.90. The number of para-hydroxylation sites is 4. The van der Waals surface area contributed by atoms with E-state index in [4.69, 9.17) is 0 Å². The van der Waals surface area contributed by atoms with Gasteiger partial charge in [-0.2, -0.15) is 10.5 Å². The Balaban J connectivity index is 1.14. The molecule has 0 spiro atoms. The predicted octanol–water partition coefficient (Wildman–Crippen LogP) is 11.6. The highest BCUT2D eigenvalue weighted by molar-refractivity contribution is 6.10. The van der Waals surface area contributed by atoms with Crippen molar-refractivity contribution in [3.05, 3.63) is 168 Å². The summed E-state index contributed by atoms with van der Waals surface area (Å²) in [5, 5.41) is 25.7. The van der Waals surface area contributed by atoms with E-state index in [1.165, 1.54) is 21.5 Å². The fourth-order valence-electron chi connectivity index (χ4n) is 7.77. The van der Waals surface area contributed by atoms with Crippen molar-refractivity contribution in [3.63, 3.8) is 0 Å². The van der Waals surface area contributed by atoms with Gasteiger partial charge < -0.3 is 9.13 Å². The summed E-state index contributed by atoms with van der Waals surface area (Å²) >= 11 is 0. The molecular formula is C46H30N4. The molecule has 0 aliphatic carbocycles. The van der Waals surface area contributed by atoms with Crippen molar-refractivity contribution in [3.8, 4) is 45.8 Å². The van der Waals surface area contributed by atoms with Gasteiger partial charge in [0.05, 0.1) is 45.3 Å². The fraction of sp³-hybridized carbons (Fsp3) is 0.0435. The largest absolute Gasteiger partial charge is 0.309 e. The van der Waals surface area contributed by atoms with E-state index in [9.17, 15) is 10.5 Å². The lowest BCUT2D eigenvalue weighted by Crippen LogP contribution is -1.99. The van der Waals surface area contributed by atoms with Crippen LogP contribution in [0, 0.1) is 36.5 Å². The SMILES string of the molecule is Cc1cc(-c2cc(C#N)c(-c3ccc(-n4c5ccccc5c5ccccc54)c(C)c3)cc2C#N)ccc1-n1c2ccccc2c2ccccc21. The molecule has 2 heterocycles. The maximum Gasteiger partial charge on any atom is 0.0998 e. The Kier molecular flexibility index (Phi) is 6.66. The van der Waals surface area contributed by atoms with Crippen molar-refractivity contribution < 1.29 is 0 Å². The molecule has 2 aromatic heterocycles. The van der Waals surface area contributed by atoms with Crippen LogP contribution in [-0.2, 0) is 0 Å². The standard InChI is InChI=1S/C46H30N4/c1-29-23-31(19-21-41(29)49-43-15-7-3-11-35(43)36-12-4-8-16-44(36)49)39-25-34(28-48)40(26-33(39)27-47)32-20-22-42(30(2)24-32)50-45-17-9-5-13-37(45)38-14-6-10-18-46(38)50/h3-26H,1-2H3. The average molecular weight is 639 g/mol. The van der Waals surface area contributed by atoms with E-state index in [0.29, 0.717) is 11.1 Å². The van der Waals surface area contributed by atoms with Gasteiger partial charge in [0.25, 0.3) is 0 Å². The molecule has 50 heavy (non-hydrogen) atoms. The quantitative estimate of drug-likeness (QED) is 0.193. The molecule has 0 aliphatic heterocycles. The fourth-order valence-corrected chi connectivity index (χ4v) is 7.77. The molecule has 0 saturated heterocycles. The minimum absolute atomic E-state index is 0.534. The first-order valence-corrected chi connectivity index (χ1v) is 16.7. The van der Waals surface area contributed by atoms with Gasteiger partial charge in [0.15, 0.2) is 0 Å². The molecule has 0 fully saturated rings. The van der Waals surface area contributed by atoms with Crippen LogP contribution in [-0.4, -0.2) is 9.13 Å². The first-order valence-electron chi connectivity index (χ1n) is 16.7. The van der Waals surface area contributed by atoms with Crippen LogP contribution < -0.4 is 0 Å². The van der Waals surface area contributed by atoms with Crippen LogP contribution in [0.2, 0.25) is 0 Å². The number of hydrogen-bond donors (Lipinski definition) is 0. The summed E-state index contributed by atoms with van der Waals surface area (Å²) in [5.41, 5.74) is 13.3. The van der Waals surface area contributed by atoms with Gasteiger partial charge in [-0.05, 0) is 96.8 Å². The summed E-state index contributed by atoms with van der Waals surface area (Å²) in [4.78, 5) is 0. The van der Waals surface area contributed by atoms with Crippen LogP contribution in [0.3, 0.4) is 0 Å². The third-order valence-electron chi connectivity index (χ3n) is 10.1. The molecule has 234 valence electrons. The monoisotopic (exact) mass is 638 g/mol. The zero-order chi connectivity index (χ0) is 33.9. The molecular weight excluding hydrogens is 609 g/mol. The Morgan fingerprint density at radius 1 is 0.400 bits per heavy atom. The van der Waals surface area contributed by atoms with Gasteiger partial charge in [0.1, 0.15) is 0 Å². The summed E-state index contributed by atoms with van der Waals surface area (Å²) in [6.07, 6.45) is 0. The van der Waals surface area contributed by atoms with Crippen LogP contribution in [0.25, 0.3) is 77.2 Å². The van der Waals surface area contributed by atoms with E-state index in [-0.39, 0.29) is 0 Å². The van der Waals surface area contributed by atoms with Gasteiger partial charge in [-0.15, -0.1) is 0 Å². The lowest BCUT2D eigenvalue weighted by Gasteiger charge is -2.16. The maximum atomic E-state index is 10.4. The van der Waals surface area contributed by atoms with Crippen LogP contribution in [0.4, 0.5) is 0 Å². The molecule has 4 nitrogen and oxygen atoms in total. The minimum atomic E-state index is 0.534. The number of aromatic nitrogens is 2.